The lowest BCUT2D eigenvalue weighted by Crippen LogP contribution is -1.98. The standard InChI is InChI=1S/C9H14BrN3OS/c1-11-9-12-6-7(10)8(13-9)15-5-3-4-14-2/h6H,3-5H2,1-2H3,(H,11,12,13). The van der Waals surface area contributed by atoms with Gasteiger partial charge in [-0.25, -0.2) is 9.97 Å². The first kappa shape index (κ1) is 12.7. The molecule has 0 spiro atoms. The SMILES string of the molecule is CNc1ncc(Br)c(SCCCOC)n1. The second kappa shape index (κ2) is 7.03. The van der Waals surface area contributed by atoms with Gasteiger partial charge in [0.05, 0.1) is 4.47 Å². The summed E-state index contributed by atoms with van der Waals surface area (Å²) in [6.45, 7) is 0.786. The van der Waals surface area contributed by atoms with Gasteiger partial charge in [0, 0.05) is 32.7 Å². The molecule has 0 aliphatic heterocycles. The summed E-state index contributed by atoms with van der Waals surface area (Å²) in [6, 6.07) is 0. The van der Waals surface area contributed by atoms with Crippen LogP contribution < -0.4 is 5.32 Å². The highest BCUT2D eigenvalue weighted by Gasteiger charge is 2.04. The topological polar surface area (TPSA) is 47.0 Å². The molecule has 0 amide bonds. The summed E-state index contributed by atoms with van der Waals surface area (Å²) >= 11 is 5.12. The molecule has 0 aliphatic rings. The quantitative estimate of drug-likeness (QED) is 0.495. The van der Waals surface area contributed by atoms with Crippen molar-refractivity contribution in [3.05, 3.63) is 10.7 Å². The number of anilines is 1. The van der Waals surface area contributed by atoms with E-state index in [-0.39, 0.29) is 0 Å². The maximum Gasteiger partial charge on any atom is 0.223 e. The van der Waals surface area contributed by atoms with E-state index in [0.29, 0.717) is 5.95 Å². The summed E-state index contributed by atoms with van der Waals surface area (Å²) in [5.41, 5.74) is 0. The maximum atomic E-state index is 4.98. The van der Waals surface area contributed by atoms with Gasteiger partial charge in [-0.15, -0.1) is 11.8 Å². The first-order valence-corrected chi connectivity index (χ1v) is 6.37. The normalized spacial score (nSPS) is 10.3. The molecule has 1 heterocycles. The molecule has 1 rings (SSSR count). The third-order valence-electron chi connectivity index (χ3n) is 1.67. The second-order valence-electron chi connectivity index (χ2n) is 2.79. The van der Waals surface area contributed by atoms with Crippen molar-refractivity contribution < 1.29 is 4.74 Å². The zero-order valence-corrected chi connectivity index (χ0v) is 11.2. The largest absolute Gasteiger partial charge is 0.385 e. The Hall–Kier alpha value is -0.330. The van der Waals surface area contributed by atoms with E-state index >= 15 is 0 Å². The molecule has 0 saturated heterocycles. The molecule has 0 unspecified atom stereocenters. The molecule has 0 aromatic carbocycles. The third kappa shape index (κ3) is 4.36. The van der Waals surface area contributed by atoms with Crippen LogP contribution in [0.2, 0.25) is 0 Å². The fourth-order valence-electron chi connectivity index (χ4n) is 0.945. The minimum absolute atomic E-state index is 0.646. The van der Waals surface area contributed by atoms with Crippen LogP contribution in [0.5, 0.6) is 0 Å². The predicted octanol–water partition coefficient (Wildman–Crippen LogP) is 2.41. The van der Waals surface area contributed by atoms with Crippen LogP contribution in [0.4, 0.5) is 5.95 Å². The van der Waals surface area contributed by atoms with Crippen molar-refractivity contribution in [3.8, 4) is 0 Å². The number of nitrogens with zero attached hydrogens (tertiary/aromatic N) is 2. The van der Waals surface area contributed by atoms with E-state index in [4.69, 9.17) is 4.74 Å². The predicted molar refractivity (Wildman–Crippen MR) is 66.5 cm³/mol. The molecule has 0 saturated carbocycles. The van der Waals surface area contributed by atoms with E-state index < -0.39 is 0 Å². The molecule has 0 radical (unpaired) electrons. The average molecular weight is 292 g/mol. The Balaban J connectivity index is 2.51. The number of aromatic nitrogens is 2. The minimum Gasteiger partial charge on any atom is -0.385 e. The molecule has 4 nitrogen and oxygen atoms in total. The molecule has 1 N–H and O–H groups in total. The van der Waals surface area contributed by atoms with E-state index in [9.17, 15) is 0 Å². The summed E-state index contributed by atoms with van der Waals surface area (Å²) in [7, 11) is 3.52. The van der Waals surface area contributed by atoms with Gasteiger partial charge in [0.15, 0.2) is 0 Å². The van der Waals surface area contributed by atoms with Crippen LogP contribution in [0.25, 0.3) is 0 Å². The molecular weight excluding hydrogens is 278 g/mol. The molecule has 1 aromatic rings. The molecule has 0 aliphatic carbocycles. The van der Waals surface area contributed by atoms with Gasteiger partial charge in [0.1, 0.15) is 5.03 Å². The summed E-state index contributed by atoms with van der Waals surface area (Å²) < 4.78 is 5.92. The summed E-state index contributed by atoms with van der Waals surface area (Å²) in [5, 5.41) is 3.88. The van der Waals surface area contributed by atoms with Gasteiger partial charge in [0.25, 0.3) is 0 Å². The highest BCUT2D eigenvalue weighted by molar-refractivity contribution is 9.10. The molecule has 1 aromatic heterocycles. The lowest BCUT2D eigenvalue weighted by atomic mass is 10.5. The monoisotopic (exact) mass is 291 g/mol. The Bertz CT molecular complexity index is 311. The Labute approximate surface area is 102 Å². The van der Waals surface area contributed by atoms with Gasteiger partial charge >= 0.3 is 0 Å². The Morgan fingerprint density at radius 2 is 2.40 bits per heavy atom. The van der Waals surface area contributed by atoms with Crippen molar-refractivity contribution in [1.82, 2.24) is 9.97 Å². The number of hydrogen-bond acceptors (Lipinski definition) is 5. The van der Waals surface area contributed by atoms with Crippen LogP contribution in [-0.4, -0.2) is 36.5 Å². The van der Waals surface area contributed by atoms with Crippen LogP contribution in [0.1, 0.15) is 6.42 Å². The Kier molecular flexibility index (Phi) is 5.97. The Morgan fingerprint density at radius 1 is 1.60 bits per heavy atom. The number of thioether (sulfide) groups is 1. The molecule has 6 heteroatoms. The molecule has 0 bridgehead atoms. The number of ether oxygens (including phenoxy) is 1. The van der Waals surface area contributed by atoms with E-state index in [2.05, 4.69) is 31.2 Å². The van der Waals surface area contributed by atoms with Crippen LogP contribution in [0.3, 0.4) is 0 Å². The van der Waals surface area contributed by atoms with E-state index in [1.54, 1.807) is 25.1 Å². The summed E-state index contributed by atoms with van der Waals surface area (Å²) in [6.07, 6.45) is 2.78. The van der Waals surface area contributed by atoms with Crippen molar-refractivity contribution >= 4 is 33.6 Å². The number of methoxy groups -OCH3 is 1. The zero-order valence-electron chi connectivity index (χ0n) is 8.79. The molecule has 15 heavy (non-hydrogen) atoms. The smallest absolute Gasteiger partial charge is 0.223 e. The van der Waals surface area contributed by atoms with Crippen LogP contribution in [0, 0.1) is 0 Å². The van der Waals surface area contributed by atoms with Crippen molar-refractivity contribution in [1.29, 1.82) is 0 Å². The maximum absolute atomic E-state index is 4.98. The van der Waals surface area contributed by atoms with Crippen molar-refractivity contribution in [2.45, 2.75) is 11.4 Å². The lowest BCUT2D eigenvalue weighted by Gasteiger charge is -2.05. The van der Waals surface area contributed by atoms with Crippen LogP contribution >= 0.6 is 27.7 Å². The van der Waals surface area contributed by atoms with Gasteiger partial charge in [-0.2, -0.15) is 0 Å². The highest BCUT2D eigenvalue weighted by Crippen LogP contribution is 2.25. The number of nitrogens with one attached hydrogen (secondary N) is 1. The molecule has 0 atom stereocenters. The van der Waals surface area contributed by atoms with Gasteiger partial charge in [-0.1, -0.05) is 0 Å². The summed E-state index contributed by atoms with van der Waals surface area (Å²) in [4.78, 5) is 8.44. The van der Waals surface area contributed by atoms with E-state index in [1.165, 1.54) is 0 Å². The van der Waals surface area contributed by atoms with Gasteiger partial charge in [0.2, 0.25) is 5.95 Å². The van der Waals surface area contributed by atoms with Gasteiger partial charge in [-0.05, 0) is 22.4 Å². The first-order chi connectivity index (χ1) is 7.27. The van der Waals surface area contributed by atoms with Crippen molar-refractivity contribution in [3.63, 3.8) is 0 Å². The highest BCUT2D eigenvalue weighted by atomic mass is 79.9. The van der Waals surface area contributed by atoms with Crippen LogP contribution in [0.15, 0.2) is 15.7 Å². The third-order valence-corrected chi connectivity index (χ3v) is 3.59. The van der Waals surface area contributed by atoms with Crippen LogP contribution in [-0.2, 0) is 4.74 Å². The molecular formula is C9H14BrN3OS. The lowest BCUT2D eigenvalue weighted by molar-refractivity contribution is 0.200. The van der Waals surface area contributed by atoms with E-state index in [1.807, 2.05) is 7.05 Å². The minimum atomic E-state index is 0.646. The van der Waals surface area contributed by atoms with Crippen molar-refractivity contribution in [2.75, 3.05) is 31.8 Å². The Morgan fingerprint density at radius 3 is 3.07 bits per heavy atom. The first-order valence-electron chi connectivity index (χ1n) is 4.60. The number of rotatable bonds is 6. The molecule has 0 fully saturated rings. The van der Waals surface area contributed by atoms with Crippen molar-refractivity contribution in [2.24, 2.45) is 0 Å². The fraction of sp³-hybridized carbons (Fsp3) is 0.556. The fourth-order valence-corrected chi connectivity index (χ4v) is 2.28. The molecule has 84 valence electrons. The zero-order chi connectivity index (χ0) is 11.1. The van der Waals surface area contributed by atoms with Gasteiger partial charge in [-0.3, -0.25) is 0 Å². The van der Waals surface area contributed by atoms with Gasteiger partial charge < -0.3 is 10.1 Å². The summed E-state index contributed by atoms with van der Waals surface area (Å²) in [5.74, 6) is 1.64. The van der Waals surface area contributed by atoms with E-state index in [0.717, 1.165) is 28.3 Å². The number of halogens is 1. The average Bonchev–Trinajstić information content (AvgIpc) is 2.26. The second-order valence-corrected chi connectivity index (χ2v) is 4.73. The number of hydrogen-bond donors (Lipinski definition) is 1.